The van der Waals surface area contributed by atoms with E-state index < -0.39 is 16.2 Å². The molecule has 0 N–H and O–H groups in total. The standard InChI is InChI=1S/C71H76N4O/c1-66(2,3)51-38-39-72-62(43-51)75-60-37-26-25-36-58(60)63-59(69(10,11)48-28-19-16-20-29-48)45-57(46-61(63)75)76-56-35-27-34-54(44-56)73-47-74(55-41-52(67(4,5)6)40-53(42-55)68(7,8)9)65(71(14,15)50-32-23-18-24-33-50)64(73)70(12,13)49-30-21-17-22-31-49/h16-46H,1-15H3. The molecule has 0 atom stereocenters. The van der Waals surface area contributed by atoms with Crippen LogP contribution in [0.4, 0.5) is 0 Å². The summed E-state index contributed by atoms with van der Waals surface area (Å²) in [4.78, 5) is 5.07. The third-order valence-corrected chi connectivity index (χ3v) is 16.0. The highest BCUT2D eigenvalue weighted by atomic mass is 16.5. The van der Waals surface area contributed by atoms with Gasteiger partial charge in [-0.2, -0.15) is 0 Å². The first kappa shape index (κ1) is 52.0. The second kappa shape index (κ2) is 19.0. The van der Waals surface area contributed by atoms with Crippen LogP contribution in [-0.2, 0) is 32.5 Å². The van der Waals surface area contributed by atoms with Crippen molar-refractivity contribution >= 4 is 21.8 Å². The van der Waals surface area contributed by atoms with Gasteiger partial charge in [0, 0.05) is 39.3 Å². The molecule has 76 heavy (non-hydrogen) atoms. The number of aromatic nitrogens is 4. The van der Waals surface area contributed by atoms with Crippen LogP contribution >= 0.6 is 0 Å². The molecule has 5 nitrogen and oxygen atoms in total. The number of hydrogen-bond donors (Lipinski definition) is 0. The van der Waals surface area contributed by atoms with Crippen LogP contribution in [0.15, 0.2) is 188 Å². The van der Waals surface area contributed by atoms with Gasteiger partial charge in [0.25, 0.3) is 6.33 Å². The summed E-state index contributed by atoms with van der Waals surface area (Å²) in [6, 6.07) is 66.1. The predicted molar refractivity (Wildman–Crippen MR) is 317 cm³/mol. The van der Waals surface area contributed by atoms with Crippen molar-refractivity contribution in [2.45, 2.75) is 136 Å². The van der Waals surface area contributed by atoms with Gasteiger partial charge in [-0.3, -0.25) is 13.7 Å². The second-order valence-corrected chi connectivity index (χ2v) is 25.7. The Balaban J connectivity index is 1.23. The molecular weight excluding hydrogens is 925 g/mol. The number of para-hydroxylation sites is 1. The molecule has 7 aromatic carbocycles. The lowest BCUT2D eigenvalue weighted by Crippen LogP contribution is -2.43. The predicted octanol–water partition coefficient (Wildman–Crippen LogP) is 17.7. The summed E-state index contributed by atoms with van der Waals surface area (Å²) in [6.07, 6.45) is 6.03. The van der Waals surface area contributed by atoms with E-state index in [-0.39, 0.29) is 16.2 Å². The molecule has 0 saturated carbocycles. The number of nitrogens with zero attached hydrogens (tertiary/aromatic N) is 4. The van der Waals surface area contributed by atoms with Gasteiger partial charge < -0.3 is 4.74 Å². The highest BCUT2D eigenvalue weighted by Crippen LogP contribution is 2.46. The average molecular weight is 1000 g/mol. The molecule has 0 fully saturated rings. The second-order valence-electron chi connectivity index (χ2n) is 25.7. The molecule has 5 heteroatoms. The van der Waals surface area contributed by atoms with E-state index >= 15 is 0 Å². The highest BCUT2D eigenvalue weighted by Gasteiger charge is 2.40. The molecule has 0 aliphatic rings. The molecule has 0 unspecified atom stereocenters. The third-order valence-electron chi connectivity index (χ3n) is 16.0. The molecule has 3 heterocycles. The minimum Gasteiger partial charge on any atom is -0.458 e. The van der Waals surface area contributed by atoms with Gasteiger partial charge in [-0.1, -0.05) is 225 Å². The van der Waals surface area contributed by atoms with Gasteiger partial charge in [0.15, 0.2) is 0 Å². The lowest BCUT2D eigenvalue weighted by Gasteiger charge is -2.35. The van der Waals surface area contributed by atoms with Crippen molar-refractivity contribution in [1.29, 1.82) is 0 Å². The Hall–Kier alpha value is -7.50. The van der Waals surface area contributed by atoms with Gasteiger partial charge in [-0.05, 0) is 110 Å². The molecule has 3 aromatic heterocycles. The number of imidazole rings is 1. The normalized spacial score (nSPS) is 12.9. The van der Waals surface area contributed by atoms with E-state index in [1.807, 2.05) is 6.20 Å². The zero-order valence-electron chi connectivity index (χ0n) is 47.6. The van der Waals surface area contributed by atoms with E-state index in [2.05, 4.69) is 306 Å². The fourth-order valence-corrected chi connectivity index (χ4v) is 11.2. The Labute approximate surface area is 452 Å². The monoisotopic (exact) mass is 1000 g/mol. The minimum atomic E-state index is -0.496. The zero-order valence-corrected chi connectivity index (χ0v) is 47.6. The van der Waals surface area contributed by atoms with Crippen molar-refractivity contribution in [3.8, 4) is 28.7 Å². The van der Waals surface area contributed by atoms with Crippen LogP contribution in [-0.4, -0.2) is 14.1 Å². The Morgan fingerprint density at radius 1 is 0.434 bits per heavy atom. The van der Waals surface area contributed by atoms with E-state index in [1.54, 1.807) is 0 Å². The first-order chi connectivity index (χ1) is 35.8. The van der Waals surface area contributed by atoms with Gasteiger partial charge in [0.1, 0.15) is 17.3 Å². The number of fused-ring (bicyclic) bond motifs is 3. The van der Waals surface area contributed by atoms with E-state index in [9.17, 15) is 0 Å². The van der Waals surface area contributed by atoms with Crippen molar-refractivity contribution < 1.29 is 9.30 Å². The third kappa shape index (κ3) is 9.48. The number of pyridine rings is 1. The highest BCUT2D eigenvalue weighted by molar-refractivity contribution is 6.11. The van der Waals surface area contributed by atoms with Gasteiger partial charge in [-0.15, -0.1) is 0 Å². The topological polar surface area (TPSA) is 35.9 Å². The van der Waals surface area contributed by atoms with Crippen LogP contribution in [0.3, 0.4) is 0 Å². The van der Waals surface area contributed by atoms with Gasteiger partial charge in [0.05, 0.1) is 33.8 Å². The number of hydrogen-bond acceptors (Lipinski definition) is 2. The molecule has 10 rings (SSSR count). The molecule has 0 aliphatic carbocycles. The summed E-state index contributed by atoms with van der Waals surface area (Å²) >= 11 is 0. The van der Waals surface area contributed by atoms with Crippen LogP contribution in [0.2, 0.25) is 0 Å². The van der Waals surface area contributed by atoms with Crippen molar-refractivity contribution in [3.05, 3.63) is 245 Å². The number of rotatable bonds is 11. The maximum absolute atomic E-state index is 7.29. The summed E-state index contributed by atoms with van der Waals surface area (Å²) < 4.78 is 14.3. The van der Waals surface area contributed by atoms with Crippen molar-refractivity contribution in [1.82, 2.24) is 14.1 Å². The summed E-state index contributed by atoms with van der Waals surface area (Å²) in [5.41, 5.74) is 13.5. The van der Waals surface area contributed by atoms with E-state index in [0.29, 0.717) is 0 Å². The summed E-state index contributed by atoms with van der Waals surface area (Å²) in [6.45, 7) is 34.8. The van der Waals surface area contributed by atoms with Gasteiger partial charge in [0.2, 0.25) is 0 Å². The summed E-state index contributed by atoms with van der Waals surface area (Å²) in [7, 11) is 0. The molecule has 10 aromatic rings. The molecule has 0 bridgehead atoms. The Morgan fingerprint density at radius 3 is 1.55 bits per heavy atom. The molecule has 0 saturated heterocycles. The SMILES string of the molecule is CC(C)(C)c1cc(-[n+]2[c-]n(-c3cccc(Oc4cc(C(C)(C)c5ccccc5)c5c6ccccc6n(-c6cc(C(C)(C)C)ccn6)c5c4)c3)c(C(C)(C)c3ccccc3)c2C(C)(C)c2ccccc2)cc(C(C)(C)C)c1. The largest absolute Gasteiger partial charge is 0.458 e. The van der Waals surface area contributed by atoms with Gasteiger partial charge >= 0.3 is 0 Å². The molecule has 0 spiro atoms. The fourth-order valence-electron chi connectivity index (χ4n) is 11.2. The molecule has 0 amide bonds. The summed E-state index contributed by atoms with van der Waals surface area (Å²) in [5.74, 6) is 2.35. The van der Waals surface area contributed by atoms with Crippen LogP contribution in [0.25, 0.3) is 39.0 Å². The quantitative estimate of drug-likeness (QED) is 0.0956. The molecule has 386 valence electrons. The Kier molecular flexibility index (Phi) is 13.0. The molecule has 0 aliphatic heterocycles. The average Bonchev–Trinajstić information content (AvgIpc) is 4.04. The Morgan fingerprint density at radius 2 is 0.974 bits per heavy atom. The van der Waals surface area contributed by atoms with Crippen LogP contribution < -0.4 is 9.30 Å². The van der Waals surface area contributed by atoms with Crippen molar-refractivity contribution in [2.75, 3.05) is 0 Å². The lowest BCUT2D eigenvalue weighted by atomic mass is 9.73. The maximum Gasteiger partial charge on any atom is 0.269 e. The maximum atomic E-state index is 7.29. The first-order valence-corrected chi connectivity index (χ1v) is 27.1. The minimum absolute atomic E-state index is 0.0628. The summed E-state index contributed by atoms with van der Waals surface area (Å²) in [5, 5.41) is 2.36. The van der Waals surface area contributed by atoms with Gasteiger partial charge in [-0.25, -0.2) is 4.98 Å². The van der Waals surface area contributed by atoms with E-state index in [4.69, 9.17) is 9.72 Å². The van der Waals surface area contributed by atoms with Crippen LogP contribution in [0.1, 0.15) is 154 Å². The van der Waals surface area contributed by atoms with Crippen LogP contribution in [0.5, 0.6) is 11.5 Å². The van der Waals surface area contributed by atoms with Crippen molar-refractivity contribution in [2.24, 2.45) is 0 Å². The molecular formula is C71H76N4O. The smallest absolute Gasteiger partial charge is 0.269 e. The number of benzene rings is 7. The zero-order chi connectivity index (χ0) is 54.2. The molecule has 0 radical (unpaired) electrons. The van der Waals surface area contributed by atoms with E-state index in [1.165, 1.54) is 55.4 Å². The lowest BCUT2D eigenvalue weighted by molar-refractivity contribution is -0.611. The first-order valence-electron chi connectivity index (χ1n) is 27.1. The fraction of sp³-hybridized carbons (Fsp3) is 0.296. The number of ether oxygens (including phenoxy) is 1. The van der Waals surface area contributed by atoms with E-state index in [0.717, 1.165) is 45.4 Å². The van der Waals surface area contributed by atoms with Crippen molar-refractivity contribution in [3.63, 3.8) is 0 Å². The Bertz CT molecular complexity index is 3710. The van der Waals surface area contributed by atoms with Crippen LogP contribution in [0, 0.1) is 6.33 Å².